The van der Waals surface area contributed by atoms with Crippen molar-refractivity contribution in [3.05, 3.63) is 11.1 Å². The van der Waals surface area contributed by atoms with Gasteiger partial charge in [-0.25, -0.2) is 4.98 Å². The number of nitrogens with one attached hydrogen (secondary N) is 2. The molecule has 2 N–H and O–H groups in total. The number of rotatable bonds is 6. The molecular formula is C17H24N4O3S. The summed E-state index contributed by atoms with van der Waals surface area (Å²) in [6.45, 7) is 0.691. The van der Waals surface area contributed by atoms with Crippen LogP contribution in [0, 0.1) is 0 Å². The van der Waals surface area contributed by atoms with E-state index in [1.165, 1.54) is 17.8 Å². The average molecular weight is 364 g/mol. The van der Waals surface area contributed by atoms with Crippen LogP contribution in [0.15, 0.2) is 5.38 Å². The molecule has 0 aromatic carbocycles. The zero-order chi connectivity index (χ0) is 17.6. The van der Waals surface area contributed by atoms with Gasteiger partial charge in [-0.05, 0) is 19.3 Å². The molecule has 0 unspecified atom stereocenters. The van der Waals surface area contributed by atoms with E-state index < -0.39 is 0 Å². The van der Waals surface area contributed by atoms with Gasteiger partial charge in [0, 0.05) is 24.4 Å². The predicted molar refractivity (Wildman–Crippen MR) is 95.4 cm³/mol. The largest absolute Gasteiger partial charge is 0.352 e. The molecule has 0 atom stereocenters. The molecule has 2 aliphatic rings. The molecule has 1 aromatic rings. The van der Waals surface area contributed by atoms with E-state index in [4.69, 9.17) is 0 Å². The summed E-state index contributed by atoms with van der Waals surface area (Å²) in [7, 11) is 0. The van der Waals surface area contributed by atoms with Gasteiger partial charge in [0.15, 0.2) is 5.13 Å². The topological polar surface area (TPSA) is 91.4 Å². The molecule has 3 amide bonds. The first kappa shape index (κ1) is 17.8. The van der Waals surface area contributed by atoms with Crippen molar-refractivity contribution in [2.75, 3.05) is 18.0 Å². The number of carbonyl (C=O) groups excluding carboxylic acids is 3. The Morgan fingerprint density at radius 2 is 2.00 bits per heavy atom. The molecule has 0 bridgehead atoms. The number of thiazole rings is 1. The minimum Gasteiger partial charge on any atom is -0.352 e. The van der Waals surface area contributed by atoms with Crippen LogP contribution < -0.4 is 15.5 Å². The molecule has 1 saturated heterocycles. The van der Waals surface area contributed by atoms with E-state index in [0.29, 0.717) is 23.8 Å². The summed E-state index contributed by atoms with van der Waals surface area (Å²) >= 11 is 1.37. The van der Waals surface area contributed by atoms with Gasteiger partial charge in [0.2, 0.25) is 17.7 Å². The van der Waals surface area contributed by atoms with E-state index >= 15 is 0 Å². The van der Waals surface area contributed by atoms with Crippen LogP contribution in [0.4, 0.5) is 5.13 Å². The molecule has 1 saturated carbocycles. The van der Waals surface area contributed by atoms with Crippen molar-refractivity contribution < 1.29 is 14.4 Å². The number of amides is 3. The SMILES string of the molecule is O=C(Cc1csc(N2CCCC2=O)n1)NCC(=O)NC1CCCCC1. The van der Waals surface area contributed by atoms with Crippen molar-refractivity contribution in [2.45, 2.75) is 57.4 Å². The van der Waals surface area contributed by atoms with Crippen molar-refractivity contribution >= 4 is 34.2 Å². The Hall–Kier alpha value is -1.96. The quantitative estimate of drug-likeness (QED) is 0.798. The van der Waals surface area contributed by atoms with Gasteiger partial charge in [-0.15, -0.1) is 11.3 Å². The molecule has 25 heavy (non-hydrogen) atoms. The third-order valence-electron chi connectivity index (χ3n) is 4.60. The standard InChI is InChI=1S/C17H24N4O3S/c22-14(18-10-15(23)19-12-5-2-1-3-6-12)9-13-11-25-17(20-13)21-8-4-7-16(21)24/h11-12H,1-10H2,(H,18,22)(H,19,23). The fraction of sp³-hybridized carbons (Fsp3) is 0.647. The van der Waals surface area contributed by atoms with E-state index in [0.717, 1.165) is 32.1 Å². The van der Waals surface area contributed by atoms with Crippen LogP contribution in [0.2, 0.25) is 0 Å². The molecule has 0 spiro atoms. The van der Waals surface area contributed by atoms with E-state index in [-0.39, 0.29) is 36.7 Å². The Bertz CT molecular complexity index is 640. The second-order valence-corrected chi connectivity index (χ2v) is 7.46. The van der Waals surface area contributed by atoms with Crippen LogP contribution in [0.5, 0.6) is 0 Å². The summed E-state index contributed by atoms with van der Waals surface area (Å²) in [4.78, 5) is 41.6. The Labute approximate surface area is 151 Å². The molecule has 3 rings (SSSR count). The van der Waals surface area contributed by atoms with Crippen molar-refractivity contribution in [1.29, 1.82) is 0 Å². The summed E-state index contributed by atoms with van der Waals surface area (Å²) in [5, 5.41) is 8.06. The van der Waals surface area contributed by atoms with Crippen LogP contribution >= 0.6 is 11.3 Å². The normalized spacial score (nSPS) is 18.4. The smallest absolute Gasteiger partial charge is 0.239 e. The van der Waals surface area contributed by atoms with E-state index in [1.807, 2.05) is 0 Å². The minimum atomic E-state index is -0.233. The third-order valence-corrected chi connectivity index (χ3v) is 5.51. The number of anilines is 1. The summed E-state index contributed by atoms with van der Waals surface area (Å²) in [5.41, 5.74) is 0.630. The molecule has 7 nitrogen and oxygen atoms in total. The van der Waals surface area contributed by atoms with E-state index in [9.17, 15) is 14.4 Å². The van der Waals surface area contributed by atoms with Gasteiger partial charge < -0.3 is 10.6 Å². The van der Waals surface area contributed by atoms with Gasteiger partial charge in [0.25, 0.3) is 0 Å². The molecule has 0 radical (unpaired) electrons. The Morgan fingerprint density at radius 1 is 1.20 bits per heavy atom. The highest BCUT2D eigenvalue weighted by Crippen LogP contribution is 2.25. The first-order chi connectivity index (χ1) is 12.1. The van der Waals surface area contributed by atoms with Crippen molar-refractivity contribution in [1.82, 2.24) is 15.6 Å². The highest BCUT2D eigenvalue weighted by atomic mass is 32.1. The van der Waals surface area contributed by atoms with E-state index in [1.54, 1.807) is 10.3 Å². The maximum atomic E-state index is 12.0. The highest BCUT2D eigenvalue weighted by Gasteiger charge is 2.24. The zero-order valence-corrected chi connectivity index (χ0v) is 15.1. The summed E-state index contributed by atoms with van der Waals surface area (Å²) in [6, 6.07) is 0.247. The van der Waals surface area contributed by atoms with Crippen molar-refractivity contribution in [2.24, 2.45) is 0 Å². The molecule has 8 heteroatoms. The highest BCUT2D eigenvalue weighted by molar-refractivity contribution is 7.14. The first-order valence-electron chi connectivity index (χ1n) is 8.92. The number of hydrogen-bond acceptors (Lipinski definition) is 5. The van der Waals surface area contributed by atoms with Crippen LogP contribution in [-0.4, -0.2) is 41.8 Å². The average Bonchev–Trinajstić information content (AvgIpc) is 3.22. The van der Waals surface area contributed by atoms with Crippen LogP contribution in [0.1, 0.15) is 50.6 Å². The van der Waals surface area contributed by atoms with Crippen LogP contribution in [0.25, 0.3) is 0 Å². The van der Waals surface area contributed by atoms with Gasteiger partial charge in [0.1, 0.15) is 0 Å². The lowest BCUT2D eigenvalue weighted by atomic mass is 9.95. The molecule has 2 heterocycles. The molecule has 1 aliphatic heterocycles. The number of nitrogens with zero attached hydrogens (tertiary/aromatic N) is 2. The summed E-state index contributed by atoms with van der Waals surface area (Å²) < 4.78 is 0. The second-order valence-electron chi connectivity index (χ2n) is 6.63. The lowest BCUT2D eigenvalue weighted by molar-refractivity contribution is -0.126. The Balaban J connectivity index is 1.41. The van der Waals surface area contributed by atoms with Crippen molar-refractivity contribution in [3.63, 3.8) is 0 Å². The molecule has 1 aliphatic carbocycles. The molecule has 1 aromatic heterocycles. The summed E-state index contributed by atoms with van der Waals surface area (Å²) in [5.74, 6) is -0.282. The first-order valence-corrected chi connectivity index (χ1v) is 9.80. The second kappa shape index (κ2) is 8.42. The van der Waals surface area contributed by atoms with Gasteiger partial charge >= 0.3 is 0 Å². The number of carbonyl (C=O) groups is 3. The third kappa shape index (κ3) is 5.01. The minimum absolute atomic E-state index is 0.00304. The monoisotopic (exact) mass is 364 g/mol. The maximum Gasteiger partial charge on any atom is 0.239 e. The van der Waals surface area contributed by atoms with Gasteiger partial charge in [-0.1, -0.05) is 19.3 Å². The molecular weight excluding hydrogens is 340 g/mol. The van der Waals surface area contributed by atoms with Gasteiger partial charge in [-0.3, -0.25) is 19.3 Å². The lowest BCUT2D eigenvalue weighted by Crippen LogP contribution is -2.43. The van der Waals surface area contributed by atoms with Crippen molar-refractivity contribution in [3.8, 4) is 0 Å². The summed E-state index contributed by atoms with van der Waals surface area (Å²) in [6.07, 6.45) is 7.13. The number of hydrogen-bond donors (Lipinski definition) is 2. The zero-order valence-electron chi connectivity index (χ0n) is 14.3. The molecule has 2 fully saturated rings. The van der Waals surface area contributed by atoms with E-state index in [2.05, 4.69) is 15.6 Å². The fourth-order valence-corrected chi connectivity index (χ4v) is 4.15. The van der Waals surface area contributed by atoms with Crippen LogP contribution in [-0.2, 0) is 20.8 Å². The van der Waals surface area contributed by atoms with Crippen LogP contribution in [0.3, 0.4) is 0 Å². The Morgan fingerprint density at radius 3 is 2.72 bits per heavy atom. The molecule has 136 valence electrons. The van der Waals surface area contributed by atoms with Gasteiger partial charge in [0.05, 0.1) is 18.7 Å². The van der Waals surface area contributed by atoms with Gasteiger partial charge in [-0.2, -0.15) is 0 Å². The Kier molecular flexibility index (Phi) is 6.01. The number of aromatic nitrogens is 1. The predicted octanol–water partition coefficient (Wildman–Crippen LogP) is 1.38. The fourth-order valence-electron chi connectivity index (χ4n) is 3.28. The maximum absolute atomic E-state index is 12.0. The lowest BCUT2D eigenvalue weighted by Gasteiger charge is -2.22.